The van der Waals surface area contributed by atoms with Crippen LogP contribution in [0.3, 0.4) is 0 Å². The smallest absolute Gasteiger partial charge is 0.261 e. The summed E-state index contributed by atoms with van der Waals surface area (Å²) in [7, 11) is 0. The number of aromatic hydroxyl groups is 1. The number of hydrazone groups is 1. The molecule has 116 valence electrons. The van der Waals surface area contributed by atoms with Crippen molar-refractivity contribution < 1.29 is 9.90 Å². The molecule has 6 nitrogen and oxygen atoms in total. The molecule has 0 fully saturated rings. The van der Waals surface area contributed by atoms with Crippen molar-refractivity contribution in [2.45, 2.75) is 13.5 Å². The van der Waals surface area contributed by atoms with Crippen LogP contribution in [-0.2, 0) is 11.3 Å². The summed E-state index contributed by atoms with van der Waals surface area (Å²) in [6.07, 6.45) is 3.18. The SMILES string of the molecule is Cc1ccn(CC(=O)N/N=C\c2c(O)ccc3ccccc23)n1. The van der Waals surface area contributed by atoms with Gasteiger partial charge < -0.3 is 5.11 Å². The monoisotopic (exact) mass is 308 g/mol. The van der Waals surface area contributed by atoms with Crippen LogP contribution in [0.15, 0.2) is 53.8 Å². The summed E-state index contributed by atoms with van der Waals surface area (Å²) in [5.74, 6) is -0.173. The number of benzene rings is 2. The standard InChI is InChI=1S/C17H16N4O2/c1-12-8-9-21(20-12)11-17(23)19-18-10-15-14-5-3-2-4-13(14)6-7-16(15)22/h2-10,22H,11H2,1H3,(H,19,23)/b18-10-. The molecule has 0 unspecified atom stereocenters. The summed E-state index contributed by atoms with van der Waals surface area (Å²) in [5, 5.41) is 19.9. The van der Waals surface area contributed by atoms with Gasteiger partial charge in [-0.1, -0.05) is 30.3 Å². The molecule has 6 heteroatoms. The number of phenolic OH excluding ortho intramolecular Hbond substituents is 1. The van der Waals surface area contributed by atoms with Crippen LogP contribution < -0.4 is 5.43 Å². The highest BCUT2D eigenvalue weighted by Gasteiger charge is 2.05. The number of carbonyl (C=O) groups excluding carboxylic acids is 1. The van der Waals surface area contributed by atoms with Crippen molar-refractivity contribution in [2.75, 3.05) is 0 Å². The third-order valence-corrected chi connectivity index (χ3v) is 3.41. The van der Waals surface area contributed by atoms with Crippen molar-refractivity contribution in [1.82, 2.24) is 15.2 Å². The number of nitrogens with zero attached hydrogens (tertiary/aromatic N) is 3. The van der Waals surface area contributed by atoms with Gasteiger partial charge in [0.25, 0.3) is 5.91 Å². The maximum atomic E-state index is 11.8. The lowest BCUT2D eigenvalue weighted by molar-refractivity contribution is -0.121. The first-order chi connectivity index (χ1) is 11.1. The van der Waals surface area contributed by atoms with Crippen LogP contribution in [-0.4, -0.2) is 27.0 Å². The Labute approximate surface area is 133 Å². The molecule has 0 saturated heterocycles. The first-order valence-electron chi connectivity index (χ1n) is 7.16. The molecule has 0 atom stereocenters. The van der Waals surface area contributed by atoms with E-state index in [-0.39, 0.29) is 18.2 Å². The molecule has 0 bridgehead atoms. The van der Waals surface area contributed by atoms with Gasteiger partial charge in [0.1, 0.15) is 12.3 Å². The Morgan fingerprint density at radius 2 is 2.13 bits per heavy atom. The topological polar surface area (TPSA) is 79.5 Å². The highest BCUT2D eigenvalue weighted by molar-refractivity contribution is 6.02. The zero-order chi connectivity index (χ0) is 16.2. The second kappa shape index (κ2) is 6.31. The number of fused-ring (bicyclic) bond motifs is 1. The van der Waals surface area contributed by atoms with Gasteiger partial charge >= 0.3 is 0 Å². The van der Waals surface area contributed by atoms with Crippen LogP contribution in [0.2, 0.25) is 0 Å². The zero-order valence-electron chi connectivity index (χ0n) is 12.6. The molecule has 2 N–H and O–H groups in total. The van der Waals surface area contributed by atoms with Gasteiger partial charge in [-0.05, 0) is 29.8 Å². The molecule has 2 aromatic carbocycles. The van der Waals surface area contributed by atoms with E-state index in [0.717, 1.165) is 16.5 Å². The van der Waals surface area contributed by atoms with E-state index in [0.29, 0.717) is 5.56 Å². The molecule has 23 heavy (non-hydrogen) atoms. The number of phenols is 1. The summed E-state index contributed by atoms with van der Waals surface area (Å²) in [4.78, 5) is 11.8. The molecule has 1 aromatic heterocycles. The Morgan fingerprint density at radius 1 is 1.30 bits per heavy atom. The Balaban J connectivity index is 1.73. The van der Waals surface area contributed by atoms with Crippen LogP contribution in [0, 0.1) is 6.92 Å². The van der Waals surface area contributed by atoms with Crippen molar-refractivity contribution in [1.29, 1.82) is 0 Å². The first-order valence-corrected chi connectivity index (χ1v) is 7.16. The molecule has 1 amide bonds. The minimum Gasteiger partial charge on any atom is -0.507 e. The zero-order valence-corrected chi connectivity index (χ0v) is 12.6. The molecule has 0 aliphatic carbocycles. The van der Waals surface area contributed by atoms with Crippen LogP contribution in [0.4, 0.5) is 0 Å². The van der Waals surface area contributed by atoms with Gasteiger partial charge in [0.05, 0.1) is 11.9 Å². The van der Waals surface area contributed by atoms with Gasteiger partial charge in [-0.15, -0.1) is 0 Å². The number of hydrogen-bond donors (Lipinski definition) is 2. The predicted octanol–water partition coefficient (Wildman–Crippen LogP) is 2.20. The maximum absolute atomic E-state index is 11.8. The second-order valence-corrected chi connectivity index (χ2v) is 5.17. The van der Waals surface area contributed by atoms with Gasteiger partial charge in [0.15, 0.2) is 0 Å². The molecule has 3 rings (SSSR count). The lowest BCUT2D eigenvalue weighted by Crippen LogP contribution is -2.23. The molecule has 0 radical (unpaired) electrons. The first kappa shape index (κ1) is 14.8. The summed E-state index contributed by atoms with van der Waals surface area (Å²) < 4.78 is 1.54. The minimum atomic E-state index is -0.288. The molecule has 0 aliphatic heterocycles. The molecular formula is C17H16N4O2. The Kier molecular flexibility index (Phi) is 4.05. The van der Waals surface area contributed by atoms with Crippen molar-refractivity contribution in [2.24, 2.45) is 5.10 Å². The highest BCUT2D eigenvalue weighted by atomic mass is 16.3. The van der Waals surface area contributed by atoms with Gasteiger partial charge in [-0.3, -0.25) is 9.48 Å². The summed E-state index contributed by atoms with van der Waals surface area (Å²) in [6.45, 7) is 1.95. The lowest BCUT2D eigenvalue weighted by atomic mass is 10.0. The number of aryl methyl sites for hydroxylation is 1. The lowest BCUT2D eigenvalue weighted by Gasteiger charge is -2.05. The van der Waals surface area contributed by atoms with Gasteiger partial charge in [-0.25, -0.2) is 5.43 Å². The van der Waals surface area contributed by atoms with E-state index in [1.165, 1.54) is 10.9 Å². The normalized spacial score (nSPS) is 11.2. The fourth-order valence-electron chi connectivity index (χ4n) is 2.32. The van der Waals surface area contributed by atoms with E-state index in [1.54, 1.807) is 12.3 Å². The van der Waals surface area contributed by atoms with E-state index < -0.39 is 0 Å². The van der Waals surface area contributed by atoms with Crippen LogP contribution in [0.25, 0.3) is 10.8 Å². The van der Waals surface area contributed by atoms with Crippen LogP contribution in [0.5, 0.6) is 5.75 Å². The van der Waals surface area contributed by atoms with Crippen molar-refractivity contribution in [3.8, 4) is 5.75 Å². The third-order valence-electron chi connectivity index (χ3n) is 3.41. The van der Waals surface area contributed by atoms with Crippen LogP contribution >= 0.6 is 0 Å². The summed E-state index contributed by atoms with van der Waals surface area (Å²) in [6, 6.07) is 12.9. The summed E-state index contributed by atoms with van der Waals surface area (Å²) in [5.41, 5.74) is 3.86. The average Bonchev–Trinajstić information content (AvgIpc) is 2.94. The minimum absolute atomic E-state index is 0.0900. The third kappa shape index (κ3) is 3.37. The number of aromatic nitrogens is 2. The number of carbonyl (C=O) groups is 1. The number of amides is 1. The van der Waals surface area contributed by atoms with Gasteiger partial charge in [0.2, 0.25) is 0 Å². The predicted molar refractivity (Wildman–Crippen MR) is 88.3 cm³/mol. The highest BCUT2D eigenvalue weighted by Crippen LogP contribution is 2.25. The quantitative estimate of drug-likeness (QED) is 0.573. The van der Waals surface area contributed by atoms with Gasteiger partial charge in [0, 0.05) is 11.8 Å². The Hall–Kier alpha value is -3.15. The molecule has 1 heterocycles. The van der Waals surface area contributed by atoms with Crippen molar-refractivity contribution in [3.63, 3.8) is 0 Å². The Bertz CT molecular complexity index is 883. The fraction of sp³-hybridized carbons (Fsp3) is 0.118. The maximum Gasteiger partial charge on any atom is 0.261 e. The van der Waals surface area contributed by atoms with Crippen molar-refractivity contribution >= 4 is 22.9 Å². The molecule has 0 aliphatic rings. The molecule has 3 aromatic rings. The molecule has 0 spiro atoms. The average molecular weight is 308 g/mol. The number of hydrogen-bond acceptors (Lipinski definition) is 4. The Morgan fingerprint density at radius 3 is 2.91 bits per heavy atom. The van der Waals surface area contributed by atoms with Crippen molar-refractivity contribution in [3.05, 3.63) is 59.9 Å². The van der Waals surface area contributed by atoms with E-state index >= 15 is 0 Å². The van der Waals surface area contributed by atoms with E-state index in [4.69, 9.17) is 0 Å². The largest absolute Gasteiger partial charge is 0.507 e. The number of rotatable bonds is 4. The summed E-state index contributed by atoms with van der Waals surface area (Å²) >= 11 is 0. The number of nitrogens with one attached hydrogen (secondary N) is 1. The molecule has 0 saturated carbocycles. The fourth-order valence-corrected chi connectivity index (χ4v) is 2.32. The van der Waals surface area contributed by atoms with E-state index in [9.17, 15) is 9.90 Å². The van der Waals surface area contributed by atoms with E-state index in [1.807, 2.05) is 43.3 Å². The van der Waals surface area contributed by atoms with E-state index in [2.05, 4.69) is 15.6 Å². The van der Waals surface area contributed by atoms with Gasteiger partial charge in [-0.2, -0.15) is 10.2 Å². The van der Waals surface area contributed by atoms with Crippen LogP contribution in [0.1, 0.15) is 11.3 Å². The molecular weight excluding hydrogens is 292 g/mol. The second-order valence-electron chi connectivity index (χ2n) is 5.17.